The largest absolute Gasteiger partial charge is 0.477 e. The third-order valence-electron chi connectivity index (χ3n) is 5.62. The quantitative estimate of drug-likeness (QED) is 0.0780. The molecule has 17 heteroatoms. The van der Waals surface area contributed by atoms with E-state index in [0.717, 1.165) is 11.3 Å². The molecular weight excluding hydrogens is 554 g/mol. The number of carboxylic acid groups (broad SMARTS) is 1. The van der Waals surface area contributed by atoms with E-state index < -0.39 is 35.4 Å². The maximum absolute atomic E-state index is 13.0. The highest BCUT2D eigenvalue weighted by Gasteiger charge is 2.54. The summed E-state index contributed by atoms with van der Waals surface area (Å²) in [7, 11) is 1.71. The molecule has 4 heterocycles. The molecule has 1 aromatic heterocycles. The number of thiazole rings is 1. The summed E-state index contributed by atoms with van der Waals surface area (Å²) in [6, 6.07) is -0.993. The number of carboxylic acids is 1. The van der Waals surface area contributed by atoms with E-state index in [9.17, 15) is 19.5 Å². The SMILES string of the molecule is C#CCO/N=C(\C(=O)N[C@@H]1C(=O)N2C(C(=O)O)=C(CSC3=CC(N)N(C)C(N)=N3)CS[C@H]12)c1ncsc1N. The van der Waals surface area contributed by atoms with Gasteiger partial charge in [-0.15, -0.1) is 41.3 Å². The number of aliphatic imine (C=N–C) groups is 1. The van der Waals surface area contributed by atoms with Crippen molar-refractivity contribution in [3.8, 4) is 12.3 Å². The van der Waals surface area contributed by atoms with Crippen molar-refractivity contribution >= 4 is 69.3 Å². The Morgan fingerprint density at radius 2 is 2.21 bits per heavy atom. The Morgan fingerprint density at radius 1 is 1.45 bits per heavy atom. The van der Waals surface area contributed by atoms with Gasteiger partial charge in [-0.05, 0) is 11.6 Å². The zero-order valence-corrected chi connectivity index (χ0v) is 22.3. The molecule has 14 nitrogen and oxygen atoms in total. The molecule has 3 atom stereocenters. The van der Waals surface area contributed by atoms with Crippen LogP contribution in [0.15, 0.2) is 38.0 Å². The third kappa shape index (κ3) is 5.29. The Labute approximate surface area is 229 Å². The molecule has 1 aromatic rings. The second-order valence-electron chi connectivity index (χ2n) is 7.97. The smallest absolute Gasteiger partial charge is 0.352 e. The van der Waals surface area contributed by atoms with Crippen LogP contribution >= 0.6 is 34.9 Å². The zero-order valence-electron chi connectivity index (χ0n) is 19.9. The van der Waals surface area contributed by atoms with E-state index in [0.29, 0.717) is 16.4 Å². The standard InChI is InChI=1S/C21H23N9O5S3/c1-3-4-35-28-13(12-16(23)38-8-25-12)17(31)27-14-18(32)30-15(20(33)34)9(7-37-19(14)30)6-36-11-5-10(22)29(2)21(24)26-11/h1,5,8,10,14,19H,4,6-7,22-23H2,2H3,(H2,24,26)(H,27,31)(H,33,34)/b28-13-/t10?,14-,19-/m1/s1. The van der Waals surface area contributed by atoms with Gasteiger partial charge >= 0.3 is 5.97 Å². The van der Waals surface area contributed by atoms with Gasteiger partial charge in [0.05, 0.1) is 10.5 Å². The van der Waals surface area contributed by atoms with Crippen LogP contribution in [-0.2, 0) is 19.2 Å². The number of nitrogens with zero attached hydrogens (tertiary/aromatic N) is 5. The fourth-order valence-electron chi connectivity index (χ4n) is 3.64. The minimum absolute atomic E-state index is 0.0844. The summed E-state index contributed by atoms with van der Waals surface area (Å²) < 4.78 is 0. The molecule has 2 amide bonds. The number of amides is 2. The Kier molecular flexibility index (Phi) is 8.16. The molecule has 0 radical (unpaired) electrons. The third-order valence-corrected chi connectivity index (χ3v) is 8.63. The number of guanidine groups is 1. The number of nitrogens with two attached hydrogens (primary N) is 3. The Morgan fingerprint density at radius 3 is 2.84 bits per heavy atom. The fourth-order valence-corrected chi connectivity index (χ4v) is 6.61. The normalized spacial score (nSPS) is 23.1. The molecule has 3 aliphatic rings. The lowest BCUT2D eigenvalue weighted by Gasteiger charge is -2.49. The van der Waals surface area contributed by atoms with Gasteiger partial charge in [0, 0.05) is 18.6 Å². The number of carbonyl (C=O) groups is 3. The predicted molar refractivity (Wildman–Crippen MR) is 145 cm³/mol. The first-order chi connectivity index (χ1) is 18.1. The number of fused-ring (bicyclic) bond motifs is 1. The van der Waals surface area contributed by atoms with Crippen molar-refractivity contribution in [3.63, 3.8) is 0 Å². The molecule has 200 valence electrons. The van der Waals surface area contributed by atoms with Gasteiger partial charge in [0.25, 0.3) is 11.8 Å². The first-order valence-corrected chi connectivity index (χ1v) is 13.8. The van der Waals surface area contributed by atoms with Crippen LogP contribution in [-0.4, -0.2) is 92.1 Å². The summed E-state index contributed by atoms with van der Waals surface area (Å²) in [5, 5.41) is 16.4. The molecule has 0 aromatic carbocycles. The molecule has 1 unspecified atom stereocenters. The van der Waals surface area contributed by atoms with Crippen LogP contribution in [0.2, 0.25) is 0 Å². The van der Waals surface area contributed by atoms with E-state index in [2.05, 4.69) is 26.4 Å². The van der Waals surface area contributed by atoms with Crippen molar-refractivity contribution in [1.82, 2.24) is 20.1 Å². The second kappa shape index (κ2) is 11.3. The van der Waals surface area contributed by atoms with E-state index in [1.165, 1.54) is 33.9 Å². The molecule has 0 bridgehead atoms. The number of carbonyl (C=O) groups excluding carboxylic acids is 2. The maximum atomic E-state index is 13.0. The van der Waals surface area contributed by atoms with Crippen LogP contribution in [0.3, 0.4) is 0 Å². The topological polar surface area (TPSA) is 215 Å². The maximum Gasteiger partial charge on any atom is 0.352 e. The Bertz CT molecular complexity index is 1330. The van der Waals surface area contributed by atoms with Crippen molar-refractivity contribution in [2.24, 2.45) is 21.6 Å². The highest BCUT2D eigenvalue weighted by molar-refractivity contribution is 8.03. The van der Waals surface area contributed by atoms with Crippen LogP contribution in [0, 0.1) is 12.3 Å². The van der Waals surface area contributed by atoms with Crippen molar-refractivity contribution in [1.29, 1.82) is 0 Å². The Balaban J connectivity index is 1.49. The van der Waals surface area contributed by atoms with Gasteiger partial charge in [0.1, 0.15) is 34.0 Å². The average molecular weight is 578 g/mol. The molecule has 0 saturated carbocycles. The highest BCUT2D eigenvalue weighted by Crippen LogP contribution is 2.41. The number of aliphatic carboxylic acids is 1. The van der Waals surface area contributed by atoms with Crippen LogP contribution in [0.5, 0.6) is 0 Å². The van der Waals surface area contributed by atoms with Gasteiger partial charge in [-0.1, -0.05) is 11.1 Å². The summed E-state index contributed by atoms with van der Waals surface area (Å²) >= 11 is 3.69. The van der Waals surface area contributed by atoms with E-state index in [1.54, 1.807) is 18.0 Å². The second-order valence-corrected chi connectivity index (χ2v) is 11.0. The van der Waals surface area contributed by atoms with Crippen molar-refractivity contribution < 1.29 is 24.3 Å². The molecular formula is C21H23N9O5S3. The molecule has 0 aliphatic carbocycles. The first-order valence-electron chi connectivity index (χ1n) is 10.8. The van der Waals surface area contributed by atoms with Crippen LogP contribution in [0.1, 0.15) is 5.69 Å². The lowest BCUT2D eigenvalue weighted by atomic mass is 10.0. The van der Waals surface area contributed by atoms with Gasteiger partial charge < -0.3 is 37.4 Å². The summed E-state index contributed by atoms with van der Waals surface area (Å²) in [6.45, 7) is -0.194. The summed E-state index contributed by atoms with van der Waals surface area (Å²) in [5.74, 6) is 0.461. The van der Waals surface area contributed by atoms with Crippen molar-refractivity contribution in [2.75, 3.05) is 30.9 Å². The van der Waals surface area contributed by atoms with Crippen molar-refractivity contribution in [2.45, 2.75) is 17.6 Å². The number of likely N-dealkylation sites (N-methyl/N-ethyl adjacent to an activating group) is 1. The molecule has 4 rings (SSSR count). The average Bonchev–Trinajstić information content (AvgIpc) is 3.31. The molecule has 38 heavy (non-hydrogen) atoms. The van der Waals surface area contributed by atoms with E-state index >= 15 is 0 Å². The number of nitrogens with one attached hydrogen (secondary N) is 1. The summed E-state index contributed by atoms with van der Waals surface area (Å²) in [4.78, 5) is 54.2. The van der Waals surface area contributed by atoms with Gasteiger partial charge in [-0.25, -0.2) is 14.8 Å². The van der Waals surface area contributed by atoms with Crippen LogP contribution in [0.25, 0.3) is 0 Å². The number of anilines is 1. The number of aromatic nitrogens is 1. The summed E-state index contributed by atoms with van der Waals surface area (Å²) in [6.07, 6.45) is 6.41. The number of rotatable bonds is 9. The van der Waals surface area contributed by atoms with E-state index in [4.69, 9.17) is 28.5 Å². The van der Waals surface area contributed by atoms with Gasteiger partial charge in [0.2, 0.25) is 0 Å². The molecule has 1 saturated heterocycles. The number of hydrogen-bond donors (Lipinski definition) is 5. The first kappa shape index (κ1) is 27.3. The fraction of sp³-hybridized carbons (Fsp3) is 0.333. The van der Waals surface area contributed by atoms with Crippen LogP contribution in [0.4, 0.5) is 5.00 Å². The van der Waals surface area contributed by atoms with Gasteiger partial charge in [-0.2, -0.15) is 0 Å². The van der Waals surface area contributed by atoms with Crippen LogP contribution < -0.4 is 22.5 Å². The Hall–Kier alpha value is -3.72. The number of hydrogen-bond acceptors (Lipinski definition) is 14. The number of oxime groups is 1. The monoisotopic (exact) mass is 577 g/mol. The van der Waals surface area contributed by atoms with Crippen molar-refractivity contribution in [3.05, 3.63) is 33.6 Å². The number of terminal acetylenes is 1. The molecule has 3 aliphatic heterocycles. The highest BCUT2D eigenvalue weighted by atomic mass is 32.2. The molecule has 8 N–H and O–H groups in total. The predicted octanol–water partition coefficient (Wildman–Crippen LogP) is -1.06. The van der Waals surface area contributed by atoms with E-state index in [-0.39, 0.29) is 40.4 Å². The molecule has 0 spiro atoms. The zero-order chi connectivity index (χ0) is 27.6. The number of β-lactam (4-membered cyclic amide) rings is 1. The number of nitrogen functional groups attached to an aromatic ring is 1. The molecule has 1 fully saturated rings. The lowest BCUT2D eigenvalue weighted by molar-refractivity contribution is -0.150. The lowest BCUT2D eigenvalue weighted by Crippen LogP contribution is -2.71. The van der Waals surface area contributed by atoms with Gasteiger partial charge in [0.15, 0.2) is 18.3 Å². The van der Waals surface area contributed by atoms with Gasteiger partial charge in [-0.3, -0.25) is 14.5 Å². The minimum atomic E-state index is -1.25. The summed E-state index contributed by atoms with van der Waals surface area (Å²) in [5.41, 5.74) is 19.4. The number of thioether (sulfide) groups is 2. The minimum Gasteiger partial charge on any atom is -0.477 e. The van der Waals surface area contributed by atoms with E-state index in [1.807, 2.05) is 0 Å².